The zero-order valence-corrected chi connectivity index (χ0v) is 6.54. The van der Waals surface area contributed by atoms with E-state index in [2.05, 4.69) is 13.8 Å². The van der Waals surface area contributed by atoms with Gasteiger partial charge in [0.05, 0.1) is 6.10 Å². The quantitative estimate of drug-likeness (QED) is 0.542. The Morgan fingerprint density at radius 1 is 1.60 bits per heavy atom. The lowest BCUT2D eigenvalue weighted by Crippen LogP contribution is -2.23. The number of rotatable bonds is 2. The summed E-state index contributed by atoms with van der Waals surface area (Å²) in [7, 11) is 0. The van der Waals surface area contributed by atoms with Crippen LogP contribution >= 0.6 is 0 Å². The summed E-state index contributed by atoms with van der Waals surface area (Å²) >= 11 is 0. The Bertz CT molecular complexity index is 120. The molecule has 2 heteroatoms. The molecule has 0 bridgehead atoms. The molecule has 1 fully saturated rings. The van der Waals surface area contributed by atoms with Gasteiger partial charge in [0.25, 0.3) is 0 Å². The van der Waals surface area contributed by atoms with E-state index in [4.69, 9.17) is 4.74 Å². The molecule has 1 aliphatic rings. The third-order valence-electron chi connectivity index (χ3n) is 2.02. The summed E-state index contributed by atoms with van der Waals surface area (Å²) in [6.45, 7) is 4.94. The van der Waals surface area contributed by atoms with Crippen molar-refractivity contribution < 1.29 is 9.53 Å². The highest BCUT2D eigenvalue weighted by molar-refractivity contribution is 5.55. The van der Waals surface area contributed by atoms with Crippen molar-refractivity contribution in [2.45, 2.75) is 26.4 Å². The lowest BCUT2D eigenvalue weighted by molar-refractivity contribution is -0.113. The molecular formula is C8H14O2. The molecule has 0 N–H and O–H groups in total. The summed E-state index contributed by atoms with van der Waals surface area (Å²) in [4.78, 5) is 10.4. The SMILES string of the molecule is CC(C)[C@@H]1OCC[C@@H]1C=O. The fraction of sp³-hybridized carbons (Fsp3) is 0.875. The topological polar surface area (TPSA) is 26.3 Å². The van der Waals surface area contributed by atoms with E-state index in [0.29, 0.717) is 5.92 Å². The summed E-state index contributed by atoms with van der Waals surface area (Å²) in [5, 5.41) is 0. The van der Waals surface area contributed by atoms with Gasteiger partial charge in [-0.25, -0.2) is 0 Å². The summed E-state index contributed by atoms with van der Waals surface area (Å²) in [6, 6.07) is 0. The van der Waals surface area contributed by atoms with Gasteiger partial charge in [0.2, 0.25) is 0 Å². The van der Waals surface area contributed by atoms with E-state index in [1.807, 2.05) is 0 Å². The zero-order valence-electron chi connectivity index (χ0n) is 6.54. The van der Waals surface area contributed by atoms with Crippen molar-refractivity contribution in [3.63, 3.8) is 0 Å². The summed E-state index contributed by atoms with van der Waals surface area (Å²) < 4.78 is 5.39. The van der Waals surface area contributed by atoms with Crippen LogP contribution in [0.4, 0.5) is 0 Å². The van der Waals surface area contributed by atoms with Gasteiger partial charge < -0.3 is 9.53 Å². The van der Waals surface area contributed by atoms with Gasteiger partial charge >= 0.3 is 0 Å². The van der Waals surface area contributed by atoms with E-state index in [0.717, 1.165) is 19.3 Å². The van der Waals surface area contributed by atoms with Crippen LogP contribution in [0.5, 0.6) is 0 Å². The molecule has 1 saturated heterocycles. The second kappa shape index (κ2) is 3.15. The van der Waals surface area contributed by atoms with E-state index in [-0.39, 0.29) is 12.0 Å². The smallest absolute Gasteiger partial charge is 0.125 e. The van der Waals surface area contributed by atoms with Gasteiger partial charge in [-0.3, -0.25) is 0 Å². The number of carbonyl (C=O) groups excluding carboxylic acids is 1. The largest absolute Gasteiger partial charge is 0.377 e. The normalized spacial score (nSPS) is 33.1. The van der Waals surface area contributed by atoms with E-state index in [1.165, 1.54) is 0 Å². The van der Waals surface area contributed by atoms with Crippen molar-refractivity contribution in [3.05, 3.63) is 0 Å². The highest BCUT2D eigenvalue weighted by Gasteiger charge is 2.29. The van der Waals surface area contributed by atoms with Gasteiger partial charge in [0, 0.05) is 12.5 Å². The summed E-state index contributed by atoms with van der Waals surface area (Å²) in [6.07, 6.45) is 2.11. The van der Waals surface area contributed by atoms with Gasteiger partial charge in [-0.1, -0.05) is 13.8 Å². The molecule has 0 aliphatic carbocycles. The predicted octanol–water partition coefficient (Wildman–Crippen LogP) is 1.25. The first kappa shape index (κ1) is 7.73. The number of aldehydes is 1. The van der Waals surface area contributed by atoms with Crippen LogP contribution in [0.25, 0.3) is 0 Å². The molecule has 0 amide bonds. The van der Waals surface area contributed by atoms with Crippen LogP contribution in [-0.2, 0) is 9.53 Å². The number of hydrogen-bond donors (Lipinski definition) is 0. The van der Waals surface area contributed by atoms with Crippen molar-refractivity contribution in [1.29, 1.82) is 0 Å². The Morgan fingerprint density at radius 2 is 2.30 bits per heavy atom. The average Bonchev–Trinajstić information content (AvgIpc) is 2.33. The molecule has 58 valence electrons. The molecule has 10 heavy (non-hydrogen) atoms. The van der Waals surface area contributed by atoms with Gasteiger partial charge in [-0.2, -0.15) is 0 Å². The first-order chi connectivity index (χ1) is 4.75. The third kappa shape index (κ3) is 1.37. The maximum absolute atomic E-state index is 10.4. The van der Waals surface area contributed by atoms with Gasteiger partial charge in [-0.15, -0.1) is 0 Å². The first-order valence-electron chi connectivity index (χ1n) is 3.82. The zero-order chi connectivity index (χ0) is 7.56. The summed E-state index contributed by atoms with van der Waals surface area (Å²) in [5.74, 6) is 0.623. The highest BCUT2D eigenvalue weighted by atomic mass is 16.5. The Morgan fingerprint density at radius 3 is 2.70 bits per heavy atom. The molecule has 0 unspecified atom stereocenters. The van der Waals surface area contributed by atoms with Crippen LogP contribution in [-0.4, -0.2) is 19.0 Å². The molecular weight excluding hydrogens is 128 g/mol. The molecule has 0 aromatic rings. The Balaban J connectivity index is 2.49. The molecule has 0 saturated carbocycles. The fourth-order valence-corrected chi connectivity index (χ4v) is 1.46. The minimum absolute atomic E-state index is 0.153. The first-order valence-corrected chi connectivity index (χ1v) is 3.82. The van der Waals surface area contributed by atoms with Crippen LogP contribution < -0.4 is 0 Å². The lowest BCUT2D eigenvalue weighted by atomic mass is 9.94. The monoisotopic (exact) mass is 142 g/mol. The average molecular weight is 142 g/mol. The van der Waals surface area contributed by atoms with Gasteiger partial charge in [0.1, 0.15) is 6.29 Å². The molecule has 1 heterocycles. The van der Waals surface area contributed by atoms with Crippen molar-refractivity contribution in [1.82, 2.24) is 0 Å². The third-order valence-corrected chi connectivity index (χ3v) is 2.02. The van der Waals surface area contributed by atoms with Crippen LogP contribution in [0.2, 0.25) is 0 Å². The van der Waals surface area contributed by atoms with Gasteiger partial charge in [-0.05, 0) is 12.3 Å². The molecule has 2 atom stereocenters. The lowest BCUT2D eigenvalue weighted by Gasteiger charge is -2.16. The Labute approximate surface area is 61.6 Å². The Kier molecular flexibility index (Phi) is 2.44. The van der Waals surface area contributed by atoms with E-state index in [1.54, 1.807) is 0 Å². The maximum Gasteiger partial charge on any atom is 0.125 e. The van der Waals surface area contributed by atoms with E-state index in [9.17, 15) is 4.79 Å². The predicted molar refractivity (Wildman–Crippen MR) is 38.7 cm³/mol. The van der Waals surface area contributed by atoms with Gasteiger partial charge in [0.15, 0.2) is 0 Å². The maximum atomic E-state index is 10.4. The van der Waals surface area contributed by atoms with Crippen LogP contribution in [0, 0.1) is 11.8 Å². The van der Waals surface area contributed by atoms with Crippen LogP contribution in [0.15, 0.2) is 0 Å². The molecule has 1 aliphatic heterocycles. The van der Waals surface area contributed by atoms with Crippen molar-refractivity contribution in [2.24, 2.45) is 11.8 Å². The van der Waals surface area contributed by atoms with Crippen molar-refractivity contribution in [3.8, 4) is 0 Å². The number of carbonyl (C=O) groups is 1. The van der Waals surface area contributed by atoms with Crippen LogP contribution in [0.3, 0.4) is 0 Å². The van der Waals surface area contributed by atoms with E-state index >= 15 is 0 Å². The molecule has 0 radical (unpaired) electrons. The molecule has 0 aromatic heterocycles. The molecule has 2 nitrogen and oxygen atoms in total. The number of hydrogen-bond acceptors (Lipinski definition) is 2. The van der Waals surface area contributed by atoms with Crippen molar-refractivity contribution >= 4 is 6.29 Å². The minimum atomic E-state index is 0.153. The Hall–Kier alpha value is -0.370. The highest BCUT2D eigenvalue weighted by Crippen LogP contribution is 2.24. The number of ether oxygens (including phenoxy) is 1. The van der Waals surface area contributed by atoms with E-state index < -0.39 is 0 Å². The fourth-order valence-electron chi connectivity index (χ4n) is 1.46. The molecule has 0 aromatic carbocycles. The molecule has 0 spiro atoms. The van der Waals surface area contributed by atoms with Crippen LogP contribution in [0.1, 0.15) is 20.3 Å². The van der Waals surface area contributed by atoms with Crippen molar-refractivity contribution in [2.75, 3.05) is 6.61 Å². The second-order valence-corrected chi connectivity index (χ2v) is 3.17. The standard InChI is InChI=1S/C8H14O2/c1-6(2)8-7(5-9)3-4-10-8/h5-8H,3-4H2,1-2H3/t7-,8+/m1/s1. The second-order valence-electron chi connectivity index (χ2n) is 3.17. The summed E-state index contributed by atoms with van der Waals surface area (Å²) in [5.41, 5.74) is 0. The molecule has 1 rings (SSSR count). The minimum Gasteiger partial charge on any atom is -0.377 e.